The van der Waals surface area contributed by atoms with Gasteiger partial charge in [-0.3, -0.25) is 9.59 Å². The maximum atomic E-state index is 12.4. The number of carbonyl (C=O) groups is 2. The van der Waals surface area contributed by atoms with Crippen LogP contribution in [0.5, 0.6) is 0 Å². The van der Waals surface area contributed by atoms with E-state index in [9.17, 15) is 18.5 Å². The first-order valence-electron chi connectivity index (χ1n) is 3.01. The molecule has 0 rings (SSSR count). The highest BCUT2D eigenvalue weighted by atomic mass is 19.2. The zero-order chi connectivity index (χ0) is 9.72. The van der Waals surface area contributed by atoms with E-state index in [1.807, 2.05) is 0 Å². The van der Waals surface area contributed by atoms with Crippen molar-refractivity contribution in [2.75, 3.05) is 0 Å². The van der Waals surface area contributed by atoms with Gasteiger partial charge in [-0.2, -0.15) is 0 Å². The average Bonchev–Trinajstić information content (AvgIpc) is 1.98. The predicted molar refractivity (Wildman–Crippen MR) is 34.4 cm³/mol. The quantitative estimate of drug-likeness (QED) is 0.482. The summed E-state index contributed by atoms with van der Waals surface area (Å²) in [6, 6.07) is -1.74. The summed E-state index contributed by atoms with van der Waals surface area (Å²) in [6.45, 7) is 0. The molecule has 0 saturated heterocycles. The molecule has 0 aromatic heterocycles. The summed E-state index contributed by atoms with van der Waals surface area (Å²) in [4.78, 5) is 20.1. The Kier molecular flexibility index (Phi) is 4.12. The van der Waals surface area contributed by atoms with E-state index in [4.69, 9.17) is 5.11 Å². The highest BCUT2D eigenvalue weighted by molar-refractivity contribution is 5.80. The van der Waals surface area contributed by atoms with Gasteiger partial charge in [-0.05, 0) is 0 Å². The summed E-state index contributed by atoms with van der Waals surface area (Å²) in [6.07, 6.45) is -2.98. The molecular formula is C5H8F2N2O3. The molecule has 5 nitrogen and oxygen atoms in total. The number of carboxylic acid groups (broad SMARTS) is 1. The van der Waals surface area contributed by atoms with Crippen LogP contribution in [0.1, 0.15) is 6.42 Å². The van der Waals surface area contributed by atoms with E-state index in [2.05, 4.69) is 5.73 Å². The summed E-state index contributed by atoms with van der Waals surface area (Å²) < 4.78 is 24.0. The number of nitrogens with two attached hydrogens (primary N) is 1. The first-order chi connectivity index (χ1) is 5.49. The Morgan fingerprint density at radius 1 is 1.58 bits per heavy atom. The molecule has 0 aliphatic rings. The minimum absolute atomic E-state index is 0.818. The lowest BCUT2D eigenvalue weighted by molar-refractivity contribution is -0.141. The first kappa shape index (κ1) is 10.8. The van der Waals surface area contributed by atoms with E-state index in [-0.39, 0.29) is 0 Å². The lowest BCUT2D eigenvalue weighted by Crippen LogP contribution is -2.38. The molecule has 0 fully saturated rings. The molecule has 0 saturated carbocycles. The highest BCUT2D eigenvalue weighted by Gasteiger charge is 2.25. The molecule has 0 unspecified atom stereocenters. The number of primary amides is 1. The fraction of sp³-hybridized carbons (Fsp3) is 0.600. The van der Waals surface area contributed by atoms with Crippen molar-refractivity contribution in [1.82, 2.24) is 5.54 Å². The Labute approximate surface area is 66.5 Å². The van der Waals surface area contributed by atoms with Crippen LogP contribution in [0, 0.1) is 0 Å². The molecule has 0 aromatic rings. The Hall–Kier alpha value is -1.24. The van der Waals surface area contributed by atoms with E-state index in [1.165, 1.54) is 0 Å². The number of halogens is 2. The molecule has 7 heteroatoms. The van der Waals surface area contributed by atoms with Crippen LogP contribution in [-0.2, 0) is 9.59 Å². The third-order valence-electron chi connectivity index (χ3n) is 1.18. The van der Waals surface area contributed by atoms with Crippen LogP contribution < -0.4 is 11.3 Å². The standard InChI is InChI=1S/C5H8F2N2O3/c6-2(4(8)10)1-3(9-7)5(11)12/h2-3,9H,1H2,(H2,8,10)(H,11,12)/t2-,3+/m1/s1. The van der Waals surface area contributed by atoms with E-state index in [0.717, 1.165) is 5.54 Å². The molecule has 0 aliphatic carbocycles. The van der Waals surface area contributed by atoms with Gasteiger partial charge in [0.2, 0.25) is 0 Å². The van der Waals surface area contributed by atoms with Crippen molar-refractivity contribution in [1.29, 1.82) is 0 Å². The first-order valence-corrected chi connectivity index (χ1v) is 3.01. The van der Waals surface area contributed by atoms with Crippen LogP contribution in [0.15, 0.2) is 0 Å². The van der Waals surface area contributed by atoms with E-state index in [1.54, 1.807) is 0 Å². The molecule has 0 heterocycles. The zero-order valence-electron chi connectivity index (χ0n) is 5.96. The number of aliphatic carboxylic acids is 1. The maximum Gasteiger partial charge on any atom is 0.323 e. The number of hydrogen-bond donors (Lipinski definition) is 3. The van der Waals surface area contributed by atoms with Crippen LogP contribution in [0.3, 0.4) is 0 Å². The minimum Gasteiger partial charge on any atom is -0.480 e. The Bertz CT molecular complexity index is 188. The molecule has 0 radical (unpaired) electrons. The molecule has 0 aromatic carbocycles. The van der Waals surface area contributed by atoms with Gasteiger partial charge >= 0.3 is 5.97 Å². The Morgan fingerprint density at radius 2 is 2.08 bits per heavy atom. The summed E-state index contributed by atoms with van der Waals surface area (Å²) in [7, 11) is 0. The van der Waals surface area contributed by atoms with Gasteiger partial charge in [-0.15, -0.1) is 10.0 Å². The number of carboxylic acids is 1. The Balaban J connectivity index is 4.02. The molecule has 70 valence electrons. The van der Waals surface area contributed by atoms with Gasteiger partial charge in [-0.25, -0.2) is 4.39 Å². The third-order valence-corrected chi connectivity index (χ3v) is 1.18. The van der Waals surface area contributed by atoms with Crippen molar-refractivity contribution >= 4 is 11.9 Å². The SMILES string of the molecule is NC(=O)[C@H](F)C[C@H](NF)C(=O)O. The summed E-state index contributed by atoms with van der Waals surface area (Å²) in [5.74, 6) is -2.89. The van der Waals surface area contributed by atoms with E-state index >= 15 is 0 Å². The van der Waals surface area contributed by atoms with Crippen LogP contribution in [0.2, 0.25) is 0 Å². The van der Waals surface area contributed by atoms with Gasteiger partial charge in [0, 0.05) is 6.42 Å². The highest BCUT2D eigenvalue weighted by Crippen LogP contribution is 2.02. The number of hydrogen-bond acceptors (Lipinski definition) is 3. The van der Waals surface area contributed by atoms with Gasteiger partial charge in [0.25, 0.3) is 5.91 Å². The van der Waals surface area contributed by atoms with Gasteiger partial charge in [0.15, 0.2) is 6.17 Å². The van der Waals surface area contributed by atoms with Crippen molar-refractivity contribution in [2.24, 2.45) is 5.73 Å². The molecule has 2 atom stereocenters. The molecule has 0 bridgehead atoms. The fourth-order valence-corrected chi connectivity index (χ4v) is 0.515. The summed E-state index contributed by atoms with van der Waals surface area (Å²) in [5, 5.41) is 8.18. The second-order valence-corrected chi connectivity index (χ2v) is 2.11. The topological polar surface area (TPSA) is 92.4 Å². The van der Waals surface area contributed by atoms with Crippen LogP contribution in [0.25, 0.3) is 0 Å². The molecule has 4 N–H and O–H groups in total. The minimum atomic E-state index is -2.16. The number of carbonyl (C=O) groups excluding carboxylic acids is 1. The molecule has 1 amide bonds. The lowest BCUT2D eigenvalue weighted by atomic mass is 10.1. The van der Waals surface area contributed by atoms with Crippen LogP contribution >= 0.6 is 0 Å². The van der Waals surface area contributed by atoms with Gasteiger partial charge < -0.3 is 10.8 Å². The van der Waals surface area contributed by atoms with Crippen molar-refractivity contribution in [3.8, 4) is 0 Å². The third kappa shape index (κ3) is 3.24. The van der Waals surface area contributed by atoms with Gasteiger partial charge in [0.1, 0.15) is 6.04 Å². The maximum absolute atomic E-state index is 12.4. The monoisotopic (exact) mass is 182 g/mol. The fourth-order valence-electron chi connectivity index (χ4n) is 0.515. The molecule has 12 heavy (non-hydrogen) atoms. The van der Waals surface area contributed by atoms with Crippen molar-refractivity contribution in [3.63, 3.8) is 0 Å². The number of amides is 1. The number of nitrogens with one attached hydrogen (secondary N) is 1. The van der Waals surface area contributed by atoms with Crippen LogP contribution in [-0.4, -0.2) is 29.2 Å². The number of rotatable bonds is 5. The Morgan fingerprint density at radius 3 is 2.33 bits per heavy atom. The lowest BCUT2D eigenvalue weighted by Gasteiger charge is -2.09. The molecule has 0 spiro atoms. The van der Waals surface area contributed by atoms with Crippen molar-refractivity contribution in [2.45, 2.75) is 18.6 Å². The van der Waals surface area contributed by atoms with Crippen molar-refractivity contribution < 1.29 is 23.6 Å². The number of alkyl halides is 1. The van der Waals surface area contributed by atoms with Gasteiger partial charge in [0.05, 0.1) is 0 Å². The largest absolute Gasteiger partial charge is 0.480 e. The average molecular weight is 182 g/mol. The molecular weight excluding hydrogens is 174 g/mol. The van der Waals surface area contributed by atoms with E-state index < -0.39 is 30.5 Å². The second-order valence-electron chi connectivity index (χ2n) is 2.11. The van der Waals surface area contributed by atoms with E-state index in [0.29, 0.717) is 0 Å². The second kappa shape index (κ2) is 4.60. The van der Waals surface area contributed by atoms with Crippen molar-refractivity contribution in [3.05, 3.63) is 0 Å². The smallest absolute Gasteiger partial charge is 0.323 e. The van der Waals surface area contributed by atoms with Gasteiger partial charge in [-0.1, -0.05) is 0 Å². The summed E-state index contributed by atoms with van der Waals surface area (Å²) in [5.41, 5.74) is 5.32. The van der Waals surface area contributed by atoms with Crippen LogP contribution in [0.4, 0.5) is 8.87 Å². The summed E-state index contributed by atoms with van der Waals surface area (Å²) >= 11 is 0. The zero-order valence-corrected chi connectivity index (χ0v) is 5.96. The predicted octanol–water partition coefficient (Wildman–Crippen LogP) is -0.873. The normalized spacial score (nSPS) is 15.2. The molecule has 0 aliphatic heterocycles.